The minimum Gasteiger partial charge on any atom is -0.493 e. The Morgan fingerprint density at radius 2 is 1.47 bits per heavy atom. The molecule has 0 heterocycles. The van der Waals surface area contributed by atoms with Gasteiger partial charge in [-0.3, -0.25) is 4.90 Å². The molecule has 32 heavy (non-hydrogen) atoms. The van der Waals surface area contributed by atoms with Crippen LogP contribution < -0.4 is 9.47 Å². The van der Waals surface area contributed by atoms with Crippen molar-refractivity contribution in [1.82, 2.24) is 4.90 Å². The number of aliphatic hydroxyl groups excluding tert-OH is 1. The Kier molecular flexibility index (Phi) is 9.04. The summed E-state index contributed by atoms with van der Waals surface area (Å²) in [5.74, 6) is 1.05. The van der Waals surface area contributed by atoms with Crippen LogP contribution in [0.4, 0.5) is 4.39 Å². The van der Waals surface area contributed by atoms with Crippen molar-refractivity contribution < 1.29 is 23.7 Å². The minimum absolute atomic E-state index is 0.223. The summed E-state index contributed by atoms with van der Waals surface area (Å²) in [6, 6.07) is 22.0. The lowest BCUT2D eigenvalue weighted by Gasteiger charge is -2.26. The van der Waals surface area contributed by atoms with Gasteiger partial charge in [-0.25, -0.2) is 4.39 Å². The molecule has 3 aromatic carbocycles. The first-order chi connectivity index (χ1) is 15.6. The van der Waals surface area contributed by atoms with Crippen LogP contribution in [0.5, 0.6) is 11.5 Å². The molecule has 0 saturated heterocycles. The fourth-order valence-corrected chi connectivity index (χ4v) is 3.51. The summed E-state index contributed by atoms with van der Waals surface area (Å²) >= 11 is 0. The maximum absolute atomic E-state index is 13.3. The minimum atomic E-state index is -0.667. The number of aliphatic hydroxyl groups is 1. The Hall–Kier alpha value is -2.93. The van der Waals surface area contributed by atoms with Gasteiger partial charge in [-0.15, -0.1) is 0 Å². The molecule has 0 amide bonds. The first-order valence-corrected chi connectivity index (χ1v) is 10.5. The highest BCUT2D eigenvalue weighted by molar-refractivity contribution is 5.42. The molecule has 3 aromatic rings. The summed E-state index contributed by atoms with van der Waals surface area (Å²) in [5, 5.41) is 10.6. The van der Waals surface area contributed by atoms with E-state index in [-0.39, 0.29) is 12.4 Å². The molecule has 0 bridgehead atoms. The van der Waals surface area contributed by atoms with Crippen molar-refractivity contribution in [2.75, 3.05) is 27.4 Å². The number of halogens is 1. The second-order valence-electron chi connectivity index (χ2n) is 7.64. The quantitative estimate of drug-likeness (QED) is 0.453. The van der Waals surface area contributed by atoms with E-state index in [2.05, 4.69) is 4.90 Å². The van der Waals surface area contributed by atoms with Crippen LogP contribution >= 0.6 is 0 Å². The summed E-state index contributed by atoms with van der Waals surface area (Å²) < 4.78 is 29.8. The molecule has 0 radical (unpaired) electrons. The first-order valence-electron chi connectivity index (χ1n) is 10.5. The molecule has 0 unspecified atom stereocenters. The predicted molar refractivity (Wildman–Crippen MR) is 122 cm³/mol. The summed E-state index contributed by atoms with van der Waals surface area (Å²) in [7, 11) is 3.20. The van der Waals surface area contributed by atoms with Gasteiger partial charge in [-0.2, -0.15) is 0 Å². The van der Waals surface area contributed by atoms with E-state index in [9.17, 15) is 9.50 Å². The Labute approximate surface area is 189 Å². The van der Waals surface area contributed by atoms with Gasteiger partial charge in [0.1, 0.15) is 5.82 Å². The zero-order chi connectivity index (χ0) is 22.8. The molecule has 0 saturated carbocycles. The summed E-state index contributed by atoms with van der Waals surface area (Å²) in [5.41, 5.74) is 3.04. The third-order valence-corrected chi connectivity index (χ3v) is 5.06. The lowest BCUT2D eigenvalue weighted by Crippen LogP contribution is -2.34. The van der Waals surface area contributed by atoms with Crippen LogP contribution in [0.25, 0.3) is 0 Å². The smallest absolute Gasteiger partial charge is 0.161 e. The van der Waals surface area contributed by atoms with E-state index in [0.717, 1.165) is 16.7 Å². The molecular weight excluding hydrogens is 409 g/mol. The maximum atomic E-state index is 13.3. The summed E-state index contributed by atoms with van der Waals surface area (Å²) in [6.45, 7) is 2.21. The van der Waals surface area contributed by atoms with E-state index in [4.69, 9.17) is 14.2 Å². The number of methoxy groups -OCH3 is 2. The molecule has 0 spiro atoms. The third-order valence-electron chi connectivity index (χ3n) is 5.06. The Morgan fingerprint density at radius 3 is 2.16 bits per heavy atom. The van der Waals surface area contributed by atoms with Crippen molar-refractivity contribution in [3.05, 3.63) is 95.3 Å². The molecule has 0 fully saturated rings. The van der Waals surface area contributed by atoms with Crippen LogP contribution in [-0.2, 0) is 24.4 Å². The van der Waals surface area contributed by atoms with Gasteiger partial charge in [-0.1, -0.05) is 48.5 Å². The molecule has 6 heteroatoms. The van der Waals surface area contributed by atoms with Crippen LogP contribution in [0.15, 0.2) is 72.8 Å². The number of hydrogen-bond donors (Lipinski definition) is 1. The average molecular weight is 440 g/mol. The Bertz CT molecular complexity index is 950. The second kappa shape index (κ2) is 12.2. The highest BCUT2D eigenvalue weighted by Crippen LogP contribution is 2.28. The molecule has 3 rings (SSSR count). The SMILES string of the molecule is COc1ccc(CN(Cc2ccc(F)cc2)C[C@H](O)COCc2ccccc2)cc1OC. The lowest BCUT2D eigenvalue weighted by atomic mass is 10.1. The summed E-state index contributed by atoms with van der Waals surface area (Å²) in [4.78, 5) is 2.10. The van der Waals surface area contributed by atoms with Gasteiger partial charge >= 0.3 is 0 Å². The Morgan fingerprint density at radius 1 is 0.812 bits per heavy atom. The van der Waals surface area contributed by atoms with Crippen molar-refractivity contribution in [2.45, 2.75) is 25.8 Å². The van der Waals surface area contributed by atoms with Gasteiger partial charge < -0.3 is 19.3 Å². The fraction of sp³-hybridized carbons (Fsp3) is 0.308. The van der Waals surface area contributed by atoms with Crippen molar-refractivity contribution in [3.63, 3.8) is 0 Å². The standard InChI is InChI=1S/C26H30FNO4/c1-30-25-13-10-22(14-26(25)31-2)16-28(15-20-8-11-23(27)12-9-20)17-24(29)19-32-18-21-6-4-3-5-7-21/h3-14,24,29H,15-19H2,1-2H3/t24-/m0/s1. The van der Waals surface area contributed by atoms with Gasteiger partial charge in [0.15, 0.2) is 11.5 Å². The molecule has 0 aliphatic rings. The number of ether oxygens (including phenoxy) is 3. The van der Waals surface area contributed by atoms with E-state index in [1.165, 1.54) is 12.1 Å². The van der Waals surface area contributed by atoms with E-state index in [1.807, 2.05) is 48.5 Å². The molecular formula is C26H30FNO4. The first kappa shape index (κ1) is 23.7. The van der Waals surface area contributed by atoms with Crippen LogP contribution in [0.1, 0.15) is 16.7 Å². The van der Waals surface area contributed by atoms with Crippen molar-refractivity contribution in [3.8, 4) is 11.5 Å². The van der Waals surface area contributed by atoms with E-state index >= 15 is 0 Å². The lowest BCUT2D eigenvalue weighted by molar-refractivity contribution is 0.00711. The summed E-state index contributed by atoms with van der Waals surface area (Å²) in [6.07, 6.45) is -0.667. The molecule has 5 nitrogen and oxygen atoms in total. The van der Waals surface area contributed by atoms with E-state index < -0.39 is 6.10 Å². The van der Waals surface area contributed by atoms with Gasteiger partial charge in [-0.05, 0) is 41.0 Å². The zero-order valence-corrected chi connectivity index (χ0v) is 18.5. The highest BCUT2D eigenvalue weighted by atomic mass is 19.1. The molecule has 1 N–H and O–H groups in total. The van der Waals surface area contributed by atoms with Crippen LogP contribution in [0.3, 0.4) is 0 Å². The van der Waals surface area contributed by atoms with Gasteiger partial charge in [0.2, 0.25) is 0 Å². The number of nitrogens with zero attached hydrogens (tertiary/aromatic N) is 1. The molecule has 1 atom stereocenters. The Balaban J connectivity index is 1.65. The number of hydrogen-bond acceptors (Lipinski definition) is 5. The van der Waals surface area contributed by atoms with E-state index in [0.29, 0.717) is 37.7 Å². The second-order valence-corrected chi connectivity index (χ2v) is 7.64. The zero-order valence-electron chi connectivity index (χ0n) is 18.5. The molecule has 0 aliphatic carbocycles. The predicted octanol–water partition coefficient (Wildman–Crippen LogP) is 4.42. The number of benzene rings is 3. The normalized spacial score (nSPS) is 12.0. The highest BCUT2D eigenvalue weighted by Gasteiger charge is 2.15. The average Bonchev–Trinajstić information content (AvgIpc) is 2.81. The van der Waals surface area contributed by atoms with Gasteiger partial charge in [0.05, 0.1) is 33.5 Å². The van der Waals surface area contributed by atoms with E-state index in [1.54, 1.807) is 26.4 Å². The van der Waals surface area contributed by atoms with Crippen molar-refractivity contribution >= 4 is 0 Å². The van der Waals surface area contributed by atoms with Crippen LogP contribution in [0.2, 0.25) is 0 Å². The van der Waals surface area contributed by atoms with Crippen LogP contribution in [-0.4, -0.2) is 43.5 Å². The monoisotopic (exact) mass is 439 g/mol. The van der Waals surface area contributed by atoms with Crippen molar-refractivity contribution in [2.24, 2.45) is 0 Å². The largest absolute Gasteiger partial charge is 0.493 e. The van der Waals surface area contributed by atoms with Gasteiger partial charge in [0, 0.05) is 19.6 Å². The maximum Gasteiger partial charge on any atom is 0.161 e. The van der Waals surface area contributed by atoms with Crippen LogP contribution in [0, 0.1) is 5.82 Å². The molecule has 170 valence electrons. The number of rotatable bonds is 12. The topological polar surface area (TPSA) is 51.2 Å². The van der Waals surface area contributed by atoms with Crippen molar-refractivity contribution in [1.29, 1.82) is 0 Å². The molecule has 0 aromatic heterocycles. The van der Waals surface area contributed by atoms with Gasteiger partial charge in [0.25, 0.3) is 0 Å². The third kappa shape index (κ3) is 7.34. The molecule has 0 aliphatic heterocycles. The fourth-order valence-electron chi connectivity index (χ4n) is 3.51.